The normalized spacial score (nSPS) is 16.2. The van der Waals surface area contributed by atoms with Gasteiger partial charge in [0.2, 0.25) is 5.78 Å². The summed E-state index contributed by atoms with van der Waals surface area (Å²) < 4.78 is 0. The fourth-order valence-corrected chi connectivity index (χ4v) is 3.27. The monoisotopic (exact) mass is 346 g/mol. The first-order valence-corrected chi connectivity index (χ1v) is 7.88. The van der Waals surface area contributed by atoms with E-state index in [0.717, 1.165) is 19.6 Å². The van der Waals surface area contributed by atoms with Gasteiger partial charge in [-0.1, -0.05) is 0 Å². The zero-order valence-electron chi connectivity index (χ0n) is 13.2. The molecule has 2 aromatic heterocycles. The summed E-state index contributed by atoms with van der Waals surface area (Å²) in [6.45, 7) is 1.96. The number of nitrogens with zero attached hydrogens (tertiary/aromatic N) is 3. The summed E-state index contributed by atoms with van der Waals surface area (Å²) in [7, 11) is 2.47. The predicted molar refractivity (Wildman–Crippen MR) is 85.4 cm³/mol. The molecule has 2 aromatic rings. The molecule has 8 nitrogen and oxygen atoms in total. The number of hydrogen-bond donors (Lipinski definition) is 1. The molecule has 1 fully saturated rings. The number of ketones is 1. The summed E-state index contributed by atoms with van der Waals surface area (Å²) in [4.78, 5) is 52.2. The molecule has 0 atom stereocenters. The second kappa shape index (κ2) is 5.68. The van der Waals surface area contributed by atoms with Crippen molar-refractivity contribution >= 4 is 35.0 Å². The minimum Gasteiger partial charge on any atom is -0.291 e. The number of H-pyrrole nitrogens is 1. The van der Waals surface area contributed by atoms with Crippen molar-refractivity contribution in [1.82, 2.24) is 20.0 Å². The molecule has 9 heteroatoms. The van der Waals surface area contributed by atoms with Crippen LogP contribution in [0.4, 0.5) is 4.79 Å². The van der Waals surface area contributed by atoms with Crippen molar-refractivity contribution in [3.63, 3.8) is 0 Å². The van der Waals surface area contributed by atoms with Crippen molar-refractivity contribution in [3.05, 3.63) is 28.8 Å². The molecule has 1 aliphatic heterocycles. The zero-order valence-corrected chi connectivity index (χ0v) is 14.0. The highest BCUT2D eigenvalue weighted by atomic mass is 32.1. The number of hydrogen-bond acceptors (Lipinski definition) is 6. The van der Waals surface area contributed by atoms with E-state index in [9.17, 15) is 19.2 Å². The molecular formula is C15H14N4O4S. The number of urea groups is 1. The summed E-state index contributed by atoms with van der Waals surface area (Å²) in [5, 5.41) is 6.66. The number of thiophene rings is 1. The molecule has 24 heavy (non-hydrogen) atoms. The molecule has 0 saturated carbocycles. The maximum Gasteiger partial charge on any atom is 0.332 e. The van der Waals surface area contributed by atoms with Gasteiger partial charge in [0.1, 0.15) is 5.69 Å². The minimum absolute atomic E-state index is 0.0149. The largest absolute Gasteiger partial charge is 0.332 e. The second-order valence-corrected chi connectivity index (χ2v) is 6.74. The third kappa shape index (κ3) is 2.42. The van der Waals surface area contributed by atoms with E-state index in [2.05, 4.69) is 10.2 Å². The van der Waals surface area contributed by atoms with E-state index < -0.39 is 29.5 Å². The van der Waals surface area contributed by atoms with Gasteiger partial charge in [0.05, 0.1) is 10.6 Å². The summed E-state index contributed by atoms with van der Waals surface area (Å²) in [6.07, 6.45) is 0. The van der Waals surface area contributed by atoms with Crippen LogP contribution in [0.15, 0.2) is 18.2 Å². The number of imide groups is 2. The van der Waals surface area contributed by atoms with Gasteiger partial charge in [-0.05, 0) is 25.1 Å². The van der Waals surface area contributed by atoms with E-state index in [4.69, 9.17) is 0 Å². The van der Waals surface area contributed by atoms with Crippen molar-refractivity contribution in [2.24, 2.45) is 5.92 Å². The number of nitrogens with one attached hydrogen (secondary N) is 1. The van der Waals surface area contributed by atoms with Crippen molar-refractivity contribution in [2.75, 3.05) is 14.1 Å². The average molecular weight is 346 g/mol. The standard InChI is InChI=1S/C15H14N4O4S/c1-7-4-5-10(24-7)8-6-9(17-16-8)12(20)11-13(21)18(2)15(23)19(3)14(11)22/h4-6,11H,1-3H3,(H,16,17). The molecule has 1 aliphatic rings. The molecule has 1 N–H and O–H groups in total. The molecule has 0 aromatic carbocycles. The number of carbonyl (C=O) groups is 4. The Bertz CT molecular complexity index is 844. The molecule has 0 radical (unpaired) electrons. The Labute approximate surface area is 141 Å². The Morgan fingerprint density at radius 2 is 1.79 bits per heavy atom. The molecule has 0 aliphatic carbocycles. The van der Waals surface area contributed by atoms with Gasteiger partial charge in [-0.25, -0.2) is 4.79 Å². The molecule has 0 bridgehead atoms. The quantitative estimate of drug-likeness (QED) is 0.666. The number of aryl methyl sites for hydroxylation is 1. The molecule has 124 valence electrons. The molecular weight excluding hydrogens is 332 g/mol. The van der Waals surface area contributed by atoms with E-state index >= 15 is 0 Å². The number of Topliss-reactive ketones (excluding diaryl/α,β-unsaturated/α-hetero) is 1. The third-order valence-corrected chi connectivity index (χ3v) is 4.86. The molecule has 3 rings (SSSR count). The van der Waals surface area contributed by atoms with Gasteiger partial charge in [0, 0.05) is 19.0 Å². The van der Waals surface area contributed by atoms with Crippen LogP contribution in [0.3, 0.4) is 0 Å². The number of barbiturate groups is 1. The van der Waals surface area contributed by atoms with E-state index in [1.165, 1.54) is 31.5 Å². The van der Waals surface area contributed by atoms with Gasteiger partial charge in [-0.15, -0.1) is 11.3 Å². The first-order chi connectivity index (χ1) is 11.3. The number of aromatic nitrogens is 2. The highest BCUT2D eigenvalue weighted by Crippen LogP contribution is 2.27. The fraction of sp³-hybridized carbons (Fsp3) is 0.267. The lowest BCUT2D eigenvalue weighted by molar-refractivity contribution is -0.145. The molecule has 0 unspecified atom stereocenters. The van der Waals surface area contributed by atoms with Crippen molar-refractivity contribution in [1.29, 1.82) is 0 Å². The van der Waals surface area contributed by atoms with Gasteiger partial charge in [0.15, 0.2) is 5.92 Å². The van der Waals surface area contributed by atoms with Crippen LogP contribution in [0.2, 0.25) is 0 Å². The van der Waals surface area contributed by atoms with Crippen LogP contribution in [-0.4, -0.2) is 57.7 Å². The van der Waals surface area contributed by atoms with Gasteiger partial charge >= 0.3 is 6.03 Å². The SMILES string of the molecule is Cc1ccc(-c2cc(C(=O)C3C(=O)N(C)C(=O)N(C)C3=O)n[nH]2)s1. The summed E-state index contributed by atoms with van der Waals surface area (Å²) in [5.74, 6) is -4.00. The van der Waals surface area contributed by atoms with Crippen molar-refractivity contribution < 1.29 is 19.2 Å². The maximum absolute atomic E-state index is 12.6. The Hall–Kier alpha value is -2.81. The number of amides is 4. The van der Waals surface area contributed by atoms with Gasteiger partial charge in [-0.2, -0.15) is 5.10 Å². The van der Waals surface area contributed by atoms with E-state index in [0.29, 0.717) is 5.69 Å². The first-order valence-electron chi connectivity index (χ1n) is 7.06. The van der Waals surface area contributed by atoms with Crippen LogP contribution in [0.25, 0.3) is 10.6 Å². The van der Waals surface area contributed by atoms with Crippen molar-refractivity contribution in [3.8, 4) is 10.6 Å². The highest BCUT2D eigenvalue weighted by Gasteiger charge is 2.47. The van der Waals surface area contributed by atoms with Crippen molar-refractivity contribution in [2.45, 2.75) is 6.92 Å². The van der Waals surface area contributed by atoms with Crippen LogP contribution >= 0.6 is 11.3 Å². The number of carbonyl (C=O) groups excluding carboxylic acids is 4. The number of rotatable bonds is 3. The fourth-order valence-electron chi connectivity index (χ4n) is 2.43. The summed E-state index contributed by atoms with van der Waals surface area (Å²) in [6, 6.07) is 4.57. The predicted octanol–water partition coefficient (Wildman–Crippen LogP) is 1.30. The van der Waals surface area contributed by atoms with E-state index in [1.807, 2.05) is 19.1 Å². The maximum atomic E-state index is 12.6. The topological polar surface area (TPSA) is 103 Å². The molecule has 4 amide bonds. The smallest absolute Gasteiger partial charge is 0.291 e. The van der Waals surface area contributed by atoms with Crippen LogP contribution in [-0.2, 0) is 9.59 Å². The Kier molecular flexibility index (Phi) is 3.80. The Balaban J connectivity index is 1.91. The lowest BCUT2D eigenvalue weighted by Gasteiger charge is -2.31. The molecule has 1 saturated heterocycles. The third-order valence-electron chi connectivity index (χ3n) is 3.83. The second-order valence-electron chi connectivity index (χ2n) is 5.45. The van der Waals surface area contributed by atoms with Gasteiger partial charge < -0.3 is 0 Å². The lowest BCUT2D eigenvalue weighted by atomic mass is 9.96. The Morgan fingerprint density at radius 3 is 2.33 bits per heavy atom. The highest BCUT2D eigenvalue weighted by molar-refractivity contribution is 7.15. The van der Waals surface area contributed by atoms with Crippen LogP contribution in [0.5, 0.6) is 0 Å². The number of aromatic amines is 1. The van der Waals surface area contributed by atoms with Gasteiger partial charge in [-0.3, -0.25) is 29.3 Å². The molecule has 3 heterocycles. The van der Waals surface area contributed by atoms with E-state index in [1.54, 1.807) is 0 Å². The minimum atomic E-state index is -1.58. The molecule has 0 spiro atoms. The Morgan fingerprint density at radius 1 is 1.17 bits per heavy atom. The van der Waals surface area contributed by atoms with Crippen LogP contribution < -0.4 is 0 Å². The van der Waals surface area contributed by atoms with E-state index in [-0.39, 0.29) is 5.69 Å². The average Bonchev–Trinajstić information content (AvgIpc) is 3.20. The zero-order chi connectivity index (χ0) is 17.6. The first kappa shape index (κ1) is 16.1. The lowest BCUT2D eigenvalue weighted by Crippen LogP contribution is -2.58. The van der Waals surface area contributed by atoms with Crippen LogP contribution in [0.1, 0.15) is 15.4 Å². The van der Waals surface area contributed by atoms with Gasteiger partial charge in [0.25, 0.3) is 11.8 Å². The summed E-state index contributed by atoms with van der Waals surface area (Å²) >= 11 is 1.53. The summed E-state index contributed by atoms with van der Waals surface area (Å²) in [5.41, 5.74) is 0.615. The van der Waals surface area contributed by atoms with Crippen LogP contribution in [0, 0.1) is 12.8 Å².